The minimum absolute atomic E-state index is 0.0484. The molecule has 0 atom stereocenters. The van der Waals surface area contributed by atoms with Crippen LogP contribution >= 0.6 is 23.1 Å². The Balaban J connectivity index is 1.12. The first-order valence-corrected chi connectivity index (χ1v) is 13.2. The largest absolute Gasteiger partial charge is 0.489 e. The quantitative estimate of drug-likeness (QED) is 0.266. The highest BCUT2D eigenvalue weighted by Gasteiger charge is 2.09. The Hall–Kier alpha value is -3.82. The van der Waals surface area contributed by atoms with E-state index in [4.69, 9.17) is 9.47 Å². The lowest BCUT2D eigenvalue weighted by atomic mass is 10.2. The van der Waals surface area contributed by atoms with Gasteiger partial charge in [0.2, 0.25) is 5.91 Å². The first kappa shape index (κ1) is 25.3. The molecule has 184 valence electrons. The second-order valence-electron chi connectivity index (χ2n) is 7.66. The van der Waals surface area contributed by atoms with Crippen LogP contribution in [0.3, 0.4) is 0 Å². The van der Waals surface area contributed by atoms with Crippen LogP contribution in [0.4, 0.5) is 4.79 Å². The predicted octanol–water partition coefficient (Wildman–Crippen LogP) is 5.58. The first-order valence-electron chi connectivity index (χ1n) is 11.2. The van der Waals surface area contributed by atoms with Gasteiger partial charge in [0.25, 0.3) is 0 Å². The van der Waals surface area contributed by atoms with Crippen molar-refractivity contribution in [3.63, 3.8) is 0 Å². The van der Waals surface area contributed by atoms with Gasteiger partial charge < -0.3 is 9.47 Å². The zero-order valence-electron chi connectivity index (χ0n) is 19.4. The zero-order chi connectivity index (χ0) is 25.0. The van der Waals surface area contributed by atoms with Gasteiger partial charge in [-0.15, -0.1) is 23.1 Å². The van der Waals surface area contributed by atoms with E-state index < -0.39 is 6.09 Å². The second kappa shape index (κ2) is 13.3. The van der Waals surface area contributed by atoms with Crippen molar-refractivity contribution < 1.29 is 19.1 Å². The Morgan fingerprint density at radius 3 is 2.42 bits per heavy atom. The summed E-state index contributed by atoms with van der Waals surface area (Å²) in [4.78, 5) is 28.6. The summed E-state index contributed by atoms with van der Waals surface area (Å²) in [7, 11) is 0. The molecule has 4 rings (SSSR count). The zero-order valence-corrected chi connectivity index (χ0v) is 21.0. The van der Waals surface area contributed by atoms with Crippen LogP contribution in [-0.4, -0.2) is 22.7 Å². The SMILES string of the molecule is O=C(CSCc1nc(-c2ccccc2)cs1)NNC(=O)OCc1cccc(OCc2ccccc2)c1. The first-order chi connectivity index (χ1) is 17.7. The van der Waals surface area contributed by atoms with E-state index in [2.05, 4.69) is 15.8 Å². The topological polar surface area (TPSA) is 89.6 Å². The number of thioether (sulfide) groups is 1. The Kier molecular flexibility index (Phi) is 9.35. The van der Waals surface area contributed by atoms with Gasteiger partial charge in [0, 0.05) is 16.7 Å². The summed E-state index contributed by atoms with van der Waals surface area (Å²) in [5, 5.41) is 2.95. The Morgan fingerprint density at radius 2 is 1.61 bits per heavy atom. The highest BCUT2D eigenvalue weighted by molar-refractivity contribution is 7.99. The molecule has 0 aliphatic heterocycles. The maximum absolute atomic E-state index is 12.0. The van der Waals surface area contributed by atoms with Gasteiger partial charge in [-0.05, 0) is 23.3 Å². The lowest BCUT2D eigenvalue weighted by molar-refractivity contribution is -0.119. The molecule has 0 aliphatic rings. The van der Waals surface area contributed by atoms with E-state index in [1.807, 2.05) is 90.3 Å². The Labute approximate surface area is 217 Å². The van der Waals surface area contributed by atoms with Crippen LogP contribution in [-0.2, 0) is 28.5 Å². The van der Waals surface area contributed by atoms with Crippen LogP contribution in [0.1, 0.15) is 16.1 Å². The second-order valence-corrected chi connectivity index (χ2v) is 9.58. The molecule has 2 N–H and O–H groups in total. The van der Waals surface area contributed by atoms with E-state index in [9.17, 15) is 9.59 Å². The number of carbonyl (C=O) groups is 2. The molecule has 0 bridgehead atoms. The maximum Gasteiger partial charge on any atom is 0.426 e. The fourth-order valence-electron chi connectivity index (χ4n) is 3.16. The van der Waals surface area contributed by atoms with E-state index in [0.29, 0.717) is 18.1 Å². The molecule has 0 fully saturated rings. The summed E-state index contributed by atoms with van der Waals surface area (Å²) in [6, 6.07) is 27.1. The number of thiazole rings is 1. The molecule has 7 nitrogen and oxygen atoms in total. The van der Waals surface area contributed by atoms with Gasteiger partial charge in [-0.1, -0.05) is 72.8 Å². The molecule has 2 amide bonds. The highest BCUT2D eigenvalue weighted by atomic mass is 32.2. The number of carbonyl (C=O) groups excluding carboxylic acids is 2. The molecule has 0 saturated carbocycles. The Bertz CT molecular complexity index is 1270. The number of hydrazine groups is 1. The van der Waals surface area contributed by atoms with Crippen molar-refractivity contribution >= 4 is 35.1 Å². The van der Waals surface area contributed by atoms with Crippen molar-refractivity contribution in [2.24, 2.45) is 0 Å². The van der Waals surface area contributed by atoms with E-state index in [-0.39, 0.29) is 18.3 Å². The summed E-state index contributed by atoms with van der Waals surface area (Å²) >= 11 is 2.98. The molecule has 0 aliphatic carbocycles. The van der Waals surface area contributed by atoms with Crippen molar-refractivity contribution in [3.05, 3.63) is 106 Å². The van der Waals surface area contributed by atoms with E-state index in [1.54, 1.807) is 11.3 Å². The van der Waals surface area contributed by atoms with Crippen LogP contribution in [0.2, 0.25) is 0 Å². The summed E-state index contributed by atoms with van der Waals surface area (Å²) in [6.45, 7) is 0.499. The average Bonchev–Trinajstić information content (AvgIpc) is 3.40. The number of rotatable bonds is 10. The molecule has 1 aromatic heterocycles. The van der Waals surface area contributed by atoms with Crippen molar-refractivity contribution in [2.45, 2.75) is 19.0 Å². The number of benzene rings is 3. The molecule has 0 unspecified atom stereocenters. The van der Waals surface area contributed by atoms with Gasteiger partial charge >= 0.3 is 6.09 Å². The average molecular weight is 520 g/mol. The monoisotopic (exact) mass is 519 g/mol. The lowest BCUT2D eigenvalue weighted by Crippen LogP contribution is -2.42. The fourth-order valence-corrected chi connectivity index (χ4v) is 4.87. The highest BCUT2D eigenvalue weighted by Crippen LogP contribution is 2.24. The molecule has 36 heavy (non-hydrogen) atoms. The van der Waals surface area contributed by atoms with Crippen molar-refractivity contribution in [1.82, 2.24) is 15.8 Å². The molecule has 4 aromatic rings. The third-order valence-corrected chi connectivity index (χ3v) is 6.88. The minimum atomic E-state index is -0.739. The number of hydrogen-bond acceptors (Lipinski definition) is 7. The summed E-state index contributed by atoms with van der Waals surface area (Å²) in [5.41, 5.74) is 8.47. The Morgan fingerprint density at radius 1 is 0.861 bits per heavy atom. The van der Waals surface area contributed by atoms with Gasteiger partial charge in [0.05, 0.1) is 11.4 Å². The van der Waals surface area contributed by atoms with E-state index >= 15 is 0 Å². The molecule has 1 heterocycles. The van der Waals surface area contributed by atoms with E-state index in [1.165, 1.54) is 11.8 Å². The van der Waals surface area contributed by atoms with Gasteiger partial charge in [-0.25, -0.2) is 15.2 Å². The summed E-state index contributed by atoms with van der Waals surface area (Å²) in [5.74, 6) is 1.15. The number of hydrogen-bond donors (Lipinski definition) is 2. The van der Waals surface area contributed by atoms with Crippen molar-refractivity contribution in [2.75, 3.05) is 5.75 Å². The molecule has 9 heteroatoms. The van der Waals surface area contributed by atoms with Crippen molar-refractivity contribution in [3.8, 4) is 17.0 Å². The van der Waals surface area contributed by atoms with Crippen LogP contribution in [0.15, 0.2) is 90.3 Å². The number of nitrogens with one attached hydrogen (secondary N) is 2. The van der Waals surface area contributed by atoms with Gasteiger partial charge in [-0.2, -0.15) is 0 Å². The van der Waals surface area contributed by atoms with E-state index in [0.717, 1.165) is 27.4 Å². The maximum atomic E-state index is 12.0. The fraction of sp³-hybridized carbons (Fsp3) is 0.148. The normalized spacial score (nSPS) is 10.4. The number of amides is 2. The van der Waals surface area contributed by atoms with Crippen LogP contribution in [0, 0.1) is 0 Å². The number of aromatic nitrogens is 1. The third-order valence-electron chi connectivity index (χ3n) is 4.90. The molecule has 0 radical (unpaired) electrons. The smallest absolute Gasteiger partial charge is 0.426 e. The molecular formula is C27H25N3O4S2. The third kappa shape index (κ3) is 8.14. The molecule has 0 spiro atoms. The van der Waals surface area contributed by atoms with Crippen LogP contribution in [0.25, 0.3) is 11.3 Å². The van der Waals surface area contributed by atoms with Gasteiger partial charge in [-0.3, -0.25) is 10.2 Å². The predicted molar refractivity (Wildman–Crippen MR) is 142 cm³/mol. The number of ether oxygens (including phenoxy) is 2. The van der Waals surface area contributed by atoms with Crippen molar-refractivity contribution in [1.29, 1.82) is 0 Å². The summed E-state index contributed by atoms with van der Waals surface area (Å²) in [6.07, 6.45) is -0.739. The standard InChI is InChI=1S/C27H25N3O4S2/c31-25(18-35-19-26-28-24(17-36-26)22-11-5-2-6-12-22)29-30-27(32)34-16-21-10-7-13-23(14-21)33-15-20-8-3-1-4-9-20/h1-14,17H,15-16,18-19H2,(H,29,31)(H,30,32). The molecule has 3 aromatic carbocycles. The molecular weight excluding hydrogens is 494 g/mol. The minimum Gasteiger partial charge on any atom is -0.489 e. The van der Waals surface area contributed by atoms with Crippen LogP contribution < -0.4 is 15.6 Å². The molecule has 0 saturated heterocycles. The summed E-state index contributed by atoms with van der Waals surface area (Å²) < 4.78 is 11.0. The van der Waals surface area contributed by atoms with Gasteiger partial charge in [0.1, 0.15) is 24.0 Å². The van der Waals surface area contributed by atoms with Crippen LogP contribution in [0.5, 0.6) is 5.75 Å². The van der Waals surface area contributed by atoms with Gasteiger partial charge in [0.15, 0.2) is 0 Å². The number of nitrogens with zero attached hydrogens (tertiary/aromatic N) is 1. The lowest BCUT2D eigenvalue weighted by Gasteiger charge is -2.10.